The van der Waals surface area contributed by atoms with Crippen LogP contribution in [0.15, 0.2) is 48.5 Å². The Labute approximate surface area is 167 Å². The van der Waals surface area contributed by atoms with Gasteiger partial charge in [-0.1, -0.05) is 18.2 Å². The minimum Gasteiger partial charge on any atom is -0.497 e. The summed E-state index contributed by atoms with van der Waals surface area (Å²) in [6.45, 7) is 1.74. The van der Waals surface area contributed by atoms with Crippen LogP contribution in [-0.4, -0.2) is 30.1 Å². The summed E-state index contributed by atoms with van der Waals surface area (Å²) < 4.78 is 24.3. The van der Waals surface area contributed by atoms with E-state index in [0.717, 1.165) is 0 Å². The van der Waals surface area contributed by atoms with Crippen molar-refractivity contribution >= 4 is 17.4 Å². The van der Waals surface area contributed by atoms with Gasteiger partial charge in [0, 0.05) is 24.2 Å². The Hall–Kier alpha value is -3.68. The number of halogens is 1. The molecule has 0 aliphatic carbocycles. The van der Waals surface area contributed by atoms with Crippen LogP contribution in [0.2, 0.25) is 0 Å². The van der Waals surface area contributed by atoms with E-state index in [0.29, 0.717) is 34.4 Å². The molecule has 0 saturated heterocycles. The molecule has 0 atom stereocenters. The predicted molar refractivity (Wildman–Crippen MR) is 107 cm³/mol. The maximum atomic E-state index is 13.7. The van der Waals surface area contributed by atoms with E-state index in [1.54, 1.807) is 57.5 Å². The number of aryl methyl sites for hydroxylation is 1. The molecule has 0 saturated carbocycles. The minimum atomic E-state index is -0.427. The Morgan fingerprint density at radius 1 is 1.07 bits per heavy atom. The second-order valence-electron chi connectivity index (χ2n) is 6.15. The molecule has 29 heavy (non-hydrogen) atoms. The van der Waals surface area contributed by atoms with Crippen molar-refractivity contribution in [3.8, 4) is 11.5 Å². The van der Waals surface area contributed by atoms with E-state index in [9.17, 15) is 9.18 Å². The Bertz CT molecular complexity index is 1030. The van der Waals surface area contributed by atoms with Crippen LogP contribution in [0.1, 0.15) is 21.9 Å². The molecular formula is C21H21FN4O3. The topological polar surface area (TPSA) is 85.4 Å². The summed E-state index contributed by atoms with van der Waals surface area (Å²) in [5.74, 6) is 1.25. The van der Waals surface area contributed by atoms with Gasteiger partial charge < -0.3 is 20.1 Å². The third kappa shape index (κ3) is 4.98. The van der Waals surface area contributed by atoms with Crippen LogP contribution < -0.4 is 20.1 Å². The quantitative estimate of drug-likeness (QED) is 0.635. The molecule has 3 aromatic rings. The number of anilines is 2. The molecule has 1 aromatic heterocycles. The van der Waals surface area contributed by atoms with Crippen LogP contribution in [0.3, 0.4) is 0 Å². The smallest absolute Gasteiger partial charge is 0.270 e. The highest BCUT2D eigenvalue weighted by atomic mass is 19.1. The number of nitrogens with zero attached hydrogens (tertiary/aromatic N) is 2. The molecule has 0 aliphatic rings. The van der Waals surface area contributed by atoms with Gasteiger partial charge in [-0.25, -0.2) is 14.4 Å². The molecule has 150 valence electrons. The second kappa shape index (κ2) is 9.01. The molecule has 1 amide bonds. The summed E-state index contributed by atoms with van der Waals surface area (Å²) in [5.41, 5.74) is 1.22. The lowest BCUT2D eigenvalue weighted by Crippen LogP contribution is -2.25. The fraction of sp³-hybridized carbons (Fsp3) is 0.190. The molecule has 8 heteroatoms. The number of methoxy groups -OCH3 is 2. The average Bonchev–Trinajstić information content (AvgIpc) is 2.72. The van der Waals surface area contributed by atoms with Gasteiger partial charge >= 0.3 is 0 Å². The number of carbonyl (C=O) groups excluding carboxylic acids is 1. The molecule has 3 rings (SSSR count). The number of amides is 1. The first-order chi connectivity index (χ1) is 14.0. The maximum absolute atomic E-state index is 13.7. The first-order valence-electron chi connectivity index (χ1n) is 8.86. The van der Waals surface area contributed by atoms with Crippen LogP contribution in [0.5, 0.6) is 11.5 Å². The number of hydrogen-bond donors (Lipinski definition) is 2. The molecule has 0 radical (unpaired) electrons. The second-order valence-corrected chi connectivity index (χ2v) is 6.15. The number of hydrogen-bond acceptors (Lipinski definition) is 6. The van der Waals surface area contributed by atoms with Gasteiger partial charge in [0.15, 0.2) is 0 Å². The van der Waals surface area contributed by atoms with Crippen molar-refractivity contribution in [2.75, 3.05) is 19.5 Å². The van der Waals surface area contributed by atoms with Gasteiger partial charge in [0.2, 0.25) is 0 Å². The SMILES string of the molecule is COc1ccc(Nc2cc(C(=O)NCc3ccccc3F)nc(C)n2)c(OC)c1. The van der Waals surface area contributed by atoms with Crippen molar-refractivity contribution in [1.82, 2.24) is 15.3 Å². The number of rotatable bonds is 7. The van der Waals surface area contributed by atoms with Crippen LogP contribution in [-0.2, 0) is 6.54 Å². The van der Waals surface area contributed by atoms with Gasteiger partial charge in [0.1, 0.15) is 34.7 Å². The van der Waals surface area contributed by atoms with Crippen LogP contribution in [0, 0.1) is 12.7 Å². The van der Waals surface area contributed by atoms with E-state index in [-0.39, 0.29) is 18.1 Å². The lowest BCUT2D eigenvalue weighted by atomic mass is 10.2. The third-order valence-corrected chi connectivity index (χ3v) is 4.14. The van der Waals surface area contributed by atoms with E-state index >= 15 is 0 Å². The molecule has 1 heterocycles. The van der Waals surface area contributed by atoms with Crippen LogP contribution >= 0.6 is 0 Å². The van der Waals surface area contributed by atoms with Crippen molar-refractivity contribution in [2.24, 2.45) is 0 Å². The summed E-state index contributed by atoms with van der Waals surface area (Å²) in [7, 11) is 3.12. The monoisotopic (exact) mass is 396 g/mol. The van der Waals surface area contributed by atoms with Crippen molar-refractivity contribution in [1.29, 1.82) is 0 Å². The van der Waals surface area contributed by atoms with Gasteiger partial charge in [-0.3, -0.25) is 4.79 Å². The molecule has 0 unspecified atom stereocenters. The first kappa shape index (κ1) is 20.1. The Kier molecular flexibility index (Phi) is 6.23. The van der Waals surface area contributed by atoms with Gasteiger partial charge in [0.25, 0.3) is 5.91 Å². The van der Waals surface area contributed by atoms with Crippen molar-refractivity contribution in [3.63, 3.8) is 0 Å². The van der Waals surface area contributed by atoms with Crippen molar-refractivity contribution < 1.29 is 18.7 Å². The molecule has 2 N–H and O–H groups in total. The molecule has 0 bridgehead atoms. The number of carbonyl (C=O) groups is 1. The van der Waals surface area contributed by atoms with E-state index < -0.39 is 5.91 Å². The van der Waals surface area contributed by atoms with Crippen molar-refractivity contribution in [2.45, 2.75) is 13.5 Å². The van der Waals surface area contributed by atoms with Gasteiger partial charge in [-0.05, 0) is 25.1 Å². The average molecular weight is 396 g/mol. The van der Waals surface area contributed by atoms with E-state index in [2.05, 4.69) is 20.6 Å². The van der Waals surface area contributed by atoms with Gasteiger partial charge in [-0.15, -0.1) is 0 Å². The molecular weight excluding hydrogens is 375 g/mol. The molecule has 7 nitrogen and oxygen atoms in total. The summed E-state index contributed by atoms with van der Waals surface area (Å²) in [4.78, 5) is 21.0. The zero-order valence-corrected chi connectivity index (χ0v) is 16.3. The highest BCUT2D eigenvalue weighted by Crippen LogP contribution is 2.31. The molecule has 0 spiro atoms. The fourth-order valence-corrected chi connectivity index (χ4v) is 2.70. The number of ether oxygens (including phenoxy) is 2. The van der Waals surface area contributed by atoms with E-state index in [4.69, 9.17) is 9.47 Å². The Balaban J connectivity index is 1.77. The first-order valence-corrected chi connectivity index (χ1v) is 8.86. The lowest BCUT2D eigenvalue weighted by molar-refractivity contribution is 0.0945. The van der Waals surface area contributed by atoms with Crippen LogP contribution in [0.25, 0.3) is 0 Å². The summed E-state index contributed by atoms with van der Waals surface area (Å²) >= 11 is 0. The maximum Gasteiger partial charge on any atom is 0.270 e. The fourth-order valence-electron chi connectivity index (χ4n) is 2.70. The van der Waals surface area contributed by atoms with E-state index in [1.807, 2.05) is 0 Å². The zero-order chi connectivity index (χ0) is 20.8. The minimum absolute atomic E-state index is 0.0591. The zero-order valence-electron chi connectivity index (χ0n) is 16.3. The summed E-state index contributed by atoms with van der Waals surface area (Å²) in [6, 6.07) is 13.1. The van der Waals surface area contributed by atoms with Crippen molar-refractivity contribution in [3.05, 3.63) is 71.4 Å². The predicted octanol–water partition coefficient (Wildman–Crippen LogP) is 3.61. The lowest BCUT2D eigenvalue weighted by Gasteiger charge is -2.13. The number of nitrogens with one attached hydrogen (secondary N) is 2. The number of benzene rings is 2. The largest absolute Gasteiger partial charge is 0.497 e. The number of aromatic nitrogens is 2. The van der Waals surface area contributed by atoms with E-state index in [1.165, 1.54) is 12.1 Å². The van der Waals surface area contributed by atoms with Gasteiger partial charge in [-0.2, -0.15) is 0 Å². The standard InChI is InChI=1S/C21H21FN4O3/c1-13-24-18(21(27)23-12-14-6-4-5-7-16(14)22)11-20(25-13)26-17-9-8-15(28-2)10-19(17)29-3/h4-11H,12H2,1-3H3,(H,23,27)(H,24,25,26). The molecule has 0 aliphatic heterocycles. The Morgan fingerprint density at radius 2 is 1.86 bits per heavy atom. The molecule has 0 fully saturated rings. The van der Waals surface area contributed by atoms with Gasteiger partial charge in [0.05, 0.1) is 19.9 Å². The highest BCUT2D eigenvalue weighted by Gasteiger charge is 2.13. The summed E-state index contributed by atoms with van der Waals surface area (Å²) in [6.07, 6.45) is 0. The normalized spacial score (nSPS) is 10.3. The third-order valence-electron chi connectivity index (χ3n) is 4.14. The summed E-state index contributed by atoms with van der Waals surface area (Å²) in [5, 5.41) is 5.80. The highest BCUT2D eigenvalue weighted by molar-refractivity contribution is 5.93. The van der Waals surface area contributed by atoms with Crippen LogP contribution in [0.4, 0.5) is 15.9 Å². The molecule has 2 aromatic carbocycles. The Morgan fingerprint density at radius 3 is 2.59 bits per heavy atom.